The second kappa shape index (κ2) is 12.4. The van der Waals surface area contributed by atoms with Gasteiger partial charge in [-0.3, -0.25) is 24.5 Å². The number of methoxy groups -OCH3 is 1. The molecule has 0 bridgehead atoms. The molecule has 0 saturated carbocycles. The predicted molar refractivity (Wildman–Crippen MR) is 177 cm³/mol. The molecule has 1 heterocycles. The topological polar surface area (TPSA) is 122 Å². The van der Waals surface area contributed by atoms with Crippen LogP contribution in [0, 0.1) is 17.0 Å². The summed E-state index contributed by atoms with van der Waals surface area (Å²) < 4.78 is 35.0. The third-order valence-electron chi connectivity index (χ3n) is 7.83. The number of aryl methyl sites for hydroxylation is 1. The van der Waals surface area contributed by atoms with Crippen molar-refractivity contribution in [3.63, 3.8) is 0 Å². The van der Waals surface area contributed by atoms with E-state index in [4.69, 9.17) is 4.74 Å². The van der Waals surface area contributed by atoms with E-state index in [-0.39, 0.29) is 16.1 Å². The number of carbonyl (C=O) groups excluding carboxylic acids is 1. The molecule has 6 rings (SSSR count). The minimum atomic E-state index is -4.05. The minimum absolute atomic E-state index is 0.0664. The first-order valence-electron chi connectivity index (χ1n) is 14.4. The van der Waals surface area contributed by atoms with Crippen molar-refractivity contribution in [1.82, 2.24) is 0 Å². The number of nitrogens with zero attached hydrogens (tertiary/aromatic N) is 3. The van der Waals surface area contributed by atoms with E-state index in [1.54, 1.807) is 78.7 Å². The third kappa shape index (κ3) is 6.00. The molecule has 1 aliphatic rings. The van der Waals surface area contributed by atoms with Crippen LogP contribution in [0.4, 0.5) is 22.7 Å². The molecule has 232 valence electrons. The third-order valence-corrected chi connectivity index (χ3v) is 9.21. The number of anilines is 3. The summed E-state index contributed by atoms with van der Waals surface area (Å²) in [4.78, 5) is 29.1. The van der Waals surface area contributed by atoms with Crippen molar-refractivity contribution in [2.75, 3.05) is 21.6 Å². The highest BCUT2D eigenvalue weighted by Gasteiger charge is 2.40. The van der Waals surface area contributed by atoms with E-state index in [2.05, 4.69) is 4.72 Å². The maximum Gasteiger partial charge on any atom is 0.269 e. The van der Waals surface area contributed by atoms with Gasteiger partial charge in [-0.05, 0) is 84.8 Å². The standard InChI is InChI=1S/C35H30N4O6S/c1-24-8-12-27(13-9-24)36-46(43,44)31-20-21-33-32(22-31)35(40)38(28-16-18-30(45-2)19-17-28)34(26-10-14-29(15-11-26)39(41)42)37(33)23-25-6-4-3-5-7-25/h3-22,34,36H,23H2,1-2H3/t34-/m0/s1. The molecule has 10 nitrogen and oxygen atoms in total. The van der Waals surface area contributed by atoms with Crippen LogP contribution in [0.2, 0.25) is 0 Å². The van der Waals surface area contributed by atoms with Gasteiger partial charge in [0.05, 0.1) is 28.2 Å². The summed E-state index contributed by atoms with van der Waals surface area (Å²) >= 11 is 0. The average molecular weight is 635 g/mol. The number of hydrogen-bond donors (Lipinski definition) is 1. The molecule has 1 aliphatic heterocycles. The number of nitro groups is 1. The van der Waals surface area contributed by atoms with Crippen molar-refractivity contribution in [3.05, 3.63) is 154 Å². The molecule has 0 unspecified atom stereocenters. The molecule has 0 fully saturated rings. The van der Waals surface area contributed by atoms with E-state index >= 15 is 0 Å². The van der Waals surface area contributed by atoms with Crippen molar-refractivity contribution in [1.29, 1.82) is 0 Å². The smallest absolute Gasteiger partial charge is 0.269 e. The van der Waals surface area contributed by atoms with E-state index in [1.807, 2.05) is 42.2 Å². The zero-order chi connectivity index (χ0) is 32.4. The van der Waals surface area contributed by atoms with Crippen molar-refractivity contribution >= 4 is 38.7 Å². The number of nitrogens with one attached hydrogen (secondary N) is 1. The van der Waals surface area contributed by atoms with Gasteiger partial charge >= 0.3 is 0 Å². The lowest BCUT2D eigenvalue weighted by atomic mass is 9.99. The van der Waals surface area contributed by atoms with Crippen LogP contribution < -0.4 is 19.3 Å². The molecule has 0 spiro atoms. The van der Waals surface area contributed by atoms with Crippen molar-refractivity contribution in [3.8, 4) is 5.75 Å². The Bertz CT molecular complexity index is 2000. The Morgan fingerprint density at radius 1 is 0.870 bits per heavy atom. The number of sulfonamides is 1. The number of carbonyl (C=O) groups is 1. The Kier molecular flexibility index (Phi) is 8.16. The SMILES string of the molecule is COc1ccc(N2C(=O)c3cc(S(=O)(=O)Nc4ccc(C)cc4)ccc3N(Cc3ccccc3)[C@@H]2c2ccc([N+](=O)[O-])cc2)cc1. The van der Waals surface area contributed by atoms with Crippen molar-refractivity contribution in [2.24, 2.45) is 0 Å². The first-order chi connectivity index (χ1) is 22.1. The predicted octanol–water partition coefficient (Wildman–Crippen LogP) is 7.08. The van der Waals surface area contributed by atoms with Gasteiger partial charge in [0.1, 0.15) is 11.9 Å². The Morgan fingerprint density at radius 2 is 1.54 bits per heavy atom. The molecule has 0 radical (unpaired) electrons. The van der Waals surface area contributed by atoms with Crippen LogP contribution >= 0.6 is 0 Å². The summed E-state index contributed by atoms with van der Waals surface area (Å²) in [5.74, 6) is 0.164. The lowest BCUT2D eigenvalue weighted by Gasteiger charge is -2.46. The molecule has 0 saturated heterocycles. The Labute approximate surface area is 266 Å². The van der Waals surface area contributed by atoms with Crippen molar-refractivity contribution < 1.29 is 22.9 Å². The molecule has 1 N–H and O–H groups in total. The van der Waals surface area contributed by atoms with Crippen LogP contribution in [0.3, 0.4) is 0 Å². The fourth-order valence-electron chi connectivity index (χ4n) is 5.50. The Hall–Kier alpha value is -5.68. The van der Waals surface area contributed by atoms with E-state index in [9.17, 15) is 23.3 Å². The van der Waals surface area contributed by atoms with Gasteiger partial charge in [0.2, 0.25) is 0 Å². The summed E-state index contributed by atoms with van der Waals surface area (Å²) in [6.07, 6.45) is -0.734. The summed E-state index contributed by atoms with van der Waals surface area (Å²) in [5.41, 5.74) is 4.14. The number of nitro benzene ring substituents is 1. The van der Waals surface area contributed by atoms with Gasteiger partial charge in [0, 0.05) is 30.1 Å². The Morgan fingerprint density at radius 3 is 2.17 bits per heavy atom. The zero-order valence-corrected chi connectivity index (χ0v) is 25.8. The molecule has 11 heteroatoms. The van der Waals surface area contributed by atoms with Crippen LogP contribution in [0.1, 0.15) is 33.2 Å². The number of amides is 1. The number of non-ortho nitro benzene ring substituents is 1. The van der Waals surface area contributed by atoms with Gasteiger partial charge in [-0.25, -0.2) is 8.42 Å². The number of benzene rings is 5. The normalized spacial score (nSPS) is 14.5. The molecule has 0 aromatic heterocycles. The van der Waals surface area contributed by atoms with E-state index in [0.29, 0.717) is 34.9 Å². The highest BCUT2D eigenvalue weighted by molar-refractivity contribution is 7.92. The van der Waals surface area contributed by atoms with Crippen molar-refractivity contribution in [2.45, 2.75) is 24.5 Å². The first kappa shape index (κ1) is 30.4. The Balaban J connectivity index is 1.52. The molecular weight excluding hydrogens is 604 g/mol. The van der Waals surface area contributed by atoms with E-state index < -0.39 is 27.0 Å². The summed E-state index contributed by atoms with van der Waals surface area (Å²) in [6, 6.07) is 34.2. The van der Waals surface area contributed by atoms with E-state index in [0.717, 1.165) is 11.1 Å². The van der Waals surface area contributed by atoms with Gasteiger partial charge in [0.15, 0.2) is 0 Å². The maximum atomic E-state index is 14.5. The molecular formula is C35H30N4O6S. The maximum absolute atomic E-state index is 14.5. The van der Waals surface area contributed by atoms with Gasteiger partial charge in [-0.1, -0.05) is 48.0 Å². The molecule has 46 heavy (non-hydrogen) atoms. The number of fused-ring (bicyclic) bond motifs is 1. The fraction of sp³-hybridized carbons (Fsp3) is 0.114. The lowest BCUT2D eigenvalue weighted by Crippen LogP contribution is -2.49. The van der Waals surface area contributed by atoms with Crippen LogP contribution in [-0.2, 0) is 16.6 Å². The number of rotatable bonds is 9. The second-order valence-corrected chi connectivity index (χ2v) is 12.5. The first-order valence-corrected chi connectivity index (χ1v) is 15.9. The quantitative estimate of drug-likeness (QED) is 0.136. The summed E-state index contributed by atoms with van der Waals surface area (Å²) in [5, 5.41) is 11.5. The molecule has 1 amide bonds. The van der Waals surface area contributed by atoms with Crippen LogP contribution in [0.15, 0.2) is 126 Å². The highest BCUT2D eigenvalue weighted by Crippen LogP contribution is 2.43. The van der Waals surface area contributed by atoms with Gasteiger partial charge in [0.25, 0.3) is 21.6 Å². The van der Waals surface area contributed by atoms with Crippen LogP contribution in [0.25, 0.3) is 0 Å². The fourth-order valence-corrected chi connectivity index (χ4v) is 6.59. The van der Waals surface area contributed by atoms with Crippen LogP contribution in [0.5, 0.6) is 5.75 Å². The molecule has 5 aromatic rings. The zero-order valence-electron chi connectivity index (χ0n) is 25.0. The number of ether oxygens (including phenoxy) is 1. The van der Waals surface area contributed by atoms with Gasteiger partial charge in [-0.2, -0.15) is 0 Å². The summed E-state index contributed by atoms with van der Waals surface area (Å²) in [7, 11) is -2.50. The number of hydrogen-bond acceptors (Lipinski definition) is 7. The molecule has 5 aromatic carbocycles. The second-order valence-electron chi connectivity index (χ2n) is 10.9. The van der Waals surface area contributed by atoms with E-state index in [1.165, 1.54) is 24.3 Å². The summed E-state index contributed by atoms with van der Waals surface area (Å²) in [6.45, 7) is 2.26. The molecule has 1 atom stereocenters. The monoisotopic (exact) mass is 634 g/mol. The highest BCUT2D eigenvalue weighted by atomic mass is 32.2. The van der Waals surface area contributed by atoms with Crippen LogP contribution in [-0.4, -0.2) is 26.4 Å². The van der Waals surface area contributed by atoms with Gasteiger partial charge in [-0.15, -0.1) is 0 Å². The lowest BCUT2D eigenvalue weighted by molar-refractivity contribution is -0.384. The average Bonchev–Trinajstić information content (AvgIpc) is 3.07. The largest absolute Gasteiger partial charge is 0.497 e. The molecule has 0 aliphatic carbocycles. The minimum Gasteiger partial charge on any atom is -0.497 e. The van der Waals surface area contributed by atoms with Gasteiger partial charge < -0.3 is 9.64 Å².